The van der Waals surface area contributed by atoms with Gasteiger partial charge in [0.1, 0.15) is 11.4 Å². The van der Waals surface area contributed by atoms with Crippen LogP contribution in [0, 0.1) is 11.8 Å². The number of aromatic nitrogens is 1. The highest BCUT2D eigenvalue weighted by atomic mass is 35.5. The lowest BCUT2D eigenvalue weighted by atomic mass is 9.94. The Balaban J connectivity index is 1.79. The second-order valence-electron chi connectivity index (χ2n) is 7.29. The van der Waals surface area contributed by atoms with Crippen molar-refractivity contribution in [1.82, 2.24) is 15.2 Å². The summed E-state index contributed by atoms with van der Waals surface area (Å²) >= 11 is 5.89. The van der Waals surface area contributed by atoms with E-state index in [1.807, 2.05) is 0 Å². The monoisotopic (exact) mass is 382 g/mol. The third kappa shape index (κ3) is 5.74. The van der Waals surface area contributed by atoms with Gasteiger partial charge >= 0.3 is 0 Å². The number of H-pyrrole nitrogens is 1. The normalized spacial score (nSPS) is 17.2. The van der Waals surface area contributed by atoms with Crippen LogP contribution in [0.25, 0.3) is 0 Å². The summed E-state index contributed by atoms with van der Waals surface area (Å²) in [5, 5.41) is 3.05. The predicted molar refractivity (Wildman–Crippen MR) is 107 cm³/mol. The molecular formula is C19H31ClN4O2. The molecule has 6 nitrogen and oxygen atoms in total. The molecule has 0 spiro atoms. The van der Waals surface area contributed by atoms with E-state index in [9.17, 15) is 9.59 Å². The number of likely N-dealkylation sites (tertiary alicyclic amines) is 1. The van der Waals surface area contributed by atoms with Crippen molar-refractivity contribution in [2.24, 2.45) is 11.8 Å². The van der Waals surface area contributed by atoms with Crippen molar-refractivity contribution in [2.45, 2.75) is 46.0 Å². The number of rotatable bonds is 8. The highest BCUT2D eigenvalue weighted by Crippen LogP contribution is 2.20. The molecule has 1 aromatic heterocycles. The summed E-state index contributed by atoms with van der Waals surface area (Å²) in [5.74, 6) is 0.918. The van der Waals surface area contributed by atoms with Crippen LogP contribution in [0.3, 0.4) is 0 Å². The first-order valence-corrected chi connectivity index (χ1v) is 10.0. The van der Waals surface area contributed by atoms with Crippen molar-refractivity contribution in [3.05, 3.63) is 27.0 Å². The number of pyridine rings is 1. The number of nitrogens with one attached hydrogen (secondary N) is 2. The summed E-state index contributed by atoms with van der Waals surface area (Å²) in [6, 6.07) is 1.33. The summed E-state index contributed by atoms with van der Waals surface area (Å²) < 4.78 is 0. The highest BCUT2D eigenvalue weighted by Gasteiger charge is 2.22. The van der Waals surface area contributed by atoms with E-state index >= 15 is 0 Å². The molecule has 2 rings (SSSR count). The van der Waals surface area contributed by atoms with E-state index in [-0.39, 0.29) is 16.4 Å². The SMILES string of the molecule is CCCC(CC)CN1CCC(CNC(=O)c2cc(Cl)c(N)[nH]c2=O)CC1. The lowest BCUT2D eigenvalue weighted by Gasteiger charge is -2.34. The van der Waals surface area contributed by atoms with Crippen LogP contribution in [0.2, 0.25) is 5.02 Å². The van der Waals surface area contributed by atoms with E-state index in [0.29, 0.717) is 12.5 Å². The second-order valence-corrected chi connectivity index (χ2v) is 7.70. The van der Waals surface area contributed by atoms with Crippen molar-refractivity contribution in [2.75, 3.05) is 31.9 Å². The fraction of sp³-hybridized carbons (Fsp3) is 0.684. The number of piperidine rings is 1. The number of carbonyl (C=O) groups excluding carboxylic acids is 1. The number of hydrogen-bond donors (Lipinski definition) is 3. The zero-order chi connectivity index (χ0) is 19.1. The minimum atomic E-state index is -0.513. The van der Waals surface area contributed by atoms with E-state index in [4.69, 9.17) is 17.3 Å². The number of halogens is 1. The second kappa shape index (κ2) is 9.97. The molecule has 1 aliphatic rings. The van der Waals surface area contributed by atoms with E-state index in [0.717, 1.165) is 31.8 Å². The van der Waals surface area contributed by atoms with Gasteiger partial charge in [0.2, 0.25) is 0 Å². The Bertz CT molecular complexity index is 653. The van der Waals surface area contributed by atoms with Gasteiger partial charge in [0.25, 0.3) is 11.5 Å². The third-order valence-corrected chi connectivity index (χ3v) is 5.63. The quantitative estimate of drug-likeness (QED) is 0.644. The molecule has 1 saturated heterocycles. The highest BCUT2D eigenvalue weighted by molar-refractivity contribution is 6.33. The van der Waals surface area contributed by atoms with Crippen LogP contribution in [0.1, 0.15) is 56.3 Å². The van der Waals surface area contributed by atoms with E-state index < -0.39 is 11.5 Å². The van der Waals surface area contributed by atoms with Gasteiger partial charge in [-0.1, -0.05) is 38.3 Å². The molecule has 0 aromatic carbocycles. The number of nitrogens with zero attached hydrogens (tertiary/aromatic N) is 1. The zero-order valence-corrected chi connectivity index (χ0v) is 16.6. The Morgan fingerprint density at radius 3 is 2.73 bits per heavy atom. The minimum absolute atomic E-state index is 0.00647. The van der Waals surface area contributed by atoms with E-state index in [1.165, 1.54) is 31.9 Å². The van der Waals surface area contributed by atoms with Gasteiger partial charge in [-0.3, -0.25) is 9.59 Å². The maximum Gasteiger partial charge on any atom is 0.262 e. The summed E-state index contributed by atoms with van der Waals surface area (Å²) in [6.45, 7) is 8.44. The third-order valence-electron chi connectivity index (χ3n) is 5.31. The largest absolute Gasteiger partial charge is 0.384 e. The van der Waals surface area contributed by atoms with Gasteiger partial charge in [-0.25, -0.2) is 0 Å². The number of anilines is 1. The fourth-order valence-corrected chi connectivity index (χ4v) is 3.75. The van der Waals surface area contributed by atoms with Gasteiger partial charge in [0, 0.05) is 13.1 Å². The summed E-state index contributed by atoms with van der Waals surface area (Å²) in [5.41, 5.74) is 5.03. The first-order valence-electron chi connectivity index (χ1n) is 9.63. The fourth-order valence-electron chi connectivity index (χ4n) is 3.59. The van der Waals surface area contributed by atoms with Crippen LogP contribution >= 0.6 is 11.6 Å². The lowest BCUT2D eigenvalue weighted by Crippen LogP contribution is -2.41. The number of nitrogen functional groups attached to an aromatic ring is 1. The Labute approximate surface area is 160 Å². The van der Waals surface area contributed by atoms with E-state index in [1.54, 1.807) is 0 Å². The molecule has 1 aromatic rings. The van der Waals surface area contributed by atoms with Crippen molar-refractivity contribution < 1.29 is 4.79 Å². The molecule has 26 heavy (non-hydrogen) atoms. The number of nitrogens with two attached hydrogens (primary N) is 1. The maximum absolute atomic E-state index is 12.3. The van der Waals surface area contributed by atoms with Crippen LogP contribution in [0.15, 0.2) is 10.9 Å². The van der Waals surface area contributed by atoms with Gasteiger partial charge in [-0.15, -0.1) is 0 Å². The number of carbonyl (C=O) groups is 1. The van der Waals surface area contributed by atoms with Crippen molar-refractivity contribution in [1.29, 1.82) is 0 Å². The smallest absolute Gasteiger partial charge is 0.262 e. The standard InChI is InChI=1S/C19H31ClN4O2/c1-3-5-13(4-2)12-24-8-6-14(7-9-24)11-22-18(25)15-10-16(20)17(21)23-19(15)26/h10,13-14H,3-9,11-12H2,1-2H3,(H,22,25)(H3,21,23,26). The molecule has 1 atom stereocenters. The molecule has 2 heterocycles. The molecule has 146 valence electrons. The number of hydrogen-bond acceptors (Lipinski definition) is 4. The Morgan fingerprint density at radius 1 is 1.42 bits per heavy atom. The first kappa shape index (κ1) is 20.8. The van der Waals surface area contributed by atoms with Crippen LogP contribution in [0.4, 0.5) is 5.82 Å². The average molecular weight is 383 g/mol. The minimum Gasteiger partial charge on any atom is -0.384 e. The van der Waals surface area contributed by atoms with Crippen LogP contribution in [0.5, 0.6) is 0 Å². The molecular weight excluding hydrogens is 352 g/mol. The van der Waals surface area contributed by atoms with Crippen LogP contribution < -0.4 is 16.6 Å². The summed E-state index contributed by atoms with van der Waals surface area (Å²) in [7, 11) is 0. The first-order chi connectivity index (χ1) is 12.4. The van der Waals surface area contributed by atoms with E-state index in [2.05, 4.69) is 29.0 Å². The van der Waals surface area contributed by atoms with Crippen molar-refractivity contribution in [3.63, 3.8) is 0 Å². The lowest BCUT2D eigenvalue weighted by molar-refractivity contribution is 0.0931. The van der Waals surface area contributed by atoms with Gasteiger partial charge in [0.15, 0.2) is 0 Å². The molecule has 1 fully saturated rings. The Kier molecular flexibility index (Phi) is 7.97. The average Bonchev–Trinajstić information content (AvgIpc) is 2.63. The van der Waals surface area contributed by atoms with Gasteiger partial charge in [-0.05, 0) is 50.3 Å². The van der Waals surface area contributed by atoms with Crippen LogP contribution in [-0.2, 0) is 0 Å². The molecule has 1 aliphatic heterocycles. The molecule has 0 saturated carbocycles. The predicted octanol–water partition coefficient (Wildman–Crippen LogP) is 2.88. The molecule has 0 bridgehead atoms. The molecule has 1 unspecified atom stereocenters. The summed E-state index contributed by atoms with van der Waals surface area (Å²) in [6.07, 6.45) is 5.92. The molecule has 0 aliphatic carbocycles. The molecule has 0 radical (unpaired) electrons. The Hall–Kier alpha value is -1.53. The van der Waals surface area contributed by atoms with Crippen LogP contribution in [-0.4, -0.2) is 42.0 Å². The number of aromatic amines is 1. The van der Waals surface area contributed by atoms with Gasteiger partial charge in [-0.2, -0.15) is 0 Å². The maximum atomic E-state index is 12.3. The summed E-state index contributed by atoms with van der Waals surface area (Å²) in [4.78, 5) is 29.0. The Morgan fingerprint density at radius 2 is 2.12 bits per heavy atom. The number of amides is 1. The zero-order valence-electron chi connectivity index (χ0n) is 15.8. The molecule has 4 N–H and O–H groups in total. The topological polar surface area (TPSA) is 91.2 Å². The molecule has 1 amide bonds. The van der Waals surface area contributed by atoms with Gasteiger partial charge in [0.05, 0.1) is 5.02 Å². The van der Waals surface area contributed by atoms with Crippen molar-refractivity contribution >= 4 is 23.3 Å². The van der Waals surface area contributed by atoms with Crippen molar-refractivity contribution in [3.8, 4) is 0 Å². The molecule has 7 heteroatoms. The van der Waals surface area contributed by atoms with Gasteiger partial charge < -0.3 is 20.9 Å².